The average Bonchev–Trinajstić information content (AvgIpc) is 2.41. The number of thioether (sulfide) groups is 1. The second kappa shape index (κ2) is 9.40. The molecule has 2 rings (SSSR count). The highest BCUT2D eigenvalue weighted by atomic mass is 35.5. The normalized spacial score (nSPS) is 17.4. The van der Waals surface area contributed by atoms with Crippen LogP contribution in [0.2, 0.25) is 0 Å². The topological polar surface area (TPSA) is 35.5 Å². The molecule has 12 heteroatoms. The molecule has 1 aromatic rings. The summed E-state index contributed by atoms with van der Waals surface area (Å²) in [4.78, 5) is 0.711. The number of alkyl halides is 6. The Morgan fingerprint density at radius 1 is 1.04 bits per heavy atom. The summed E-state index contributed by atoms with van der Waals surface area (Å²) in [6.45, 7) is 0.842. The van der Waals surface area contributed by atoms with Crippen LogP contribution >= 0.6 is 36.6 Å². The van der Waals surface area contributed by atoms with Crippen LogP contribution in [0.3, 0.4) is 0 Å². The Balaban J connectivity index is 0.00000288. The van der Waals surface area contributed by atoms with E-state index in [2.05, 4.69) is 5.32 Å². The lowest BCUT2D eigenvalue weighted by Gasteiger charge is -2.36. The van der Waals surface area contributed by atoms with Crippen molar-refractivity contribution in [1.82, 2.24) is 10.2 Å². The van der Waals surface area contributed by atoms with Crippen LogP contribution in [0.1, 0.15) is 11.6 Å². The zero-order valence-electron chi connectivity index (χ0n) is 12.5. The fraction of sp³-hybridized carbons (Fsp3) is 0.538. The van der Waals surface area contributed by atoms with Crippen LogP contribution in [0.5, 0.6) is 5.75 Å². The summed E-state index contributed by atoms with van der Waals surface area (Å²) in [6.07, 6.45) is -4.71. The van der Waals surface area contributed by atoms with E-state index in [1.165, 1.54) is 0 Å². The smallest absolute Gasteiger partial charge is 0.446 e. The molecule has 1 fully saturated rings. The van der Waals surface area contributed by atoms with E-state index in [-0.39, 0.29) is 37.9 Å². The summed E-state index contributed by atoms with van der Waals surface area (Å²) in [5, 5.41) is 12.7. The maximum Gasteiger partial charge on any atom is 0.446 e. The van der Waals surface area contributed by atoms with Crippen LogP contribution in [0.25, 0.3) is 0 Å². The largest absolute Gasteiger partial charge is 0.508 e. The van der Waals surface area contributed by atoms with Crippen molar-refractivity contribution in [2.45, 2.75) is 22.6 Å². The van der Waals surface area contributed by atoms with E-state index in [9.17, 15) is 31.4 Å². The highest BCUT2D eigenvalue weighted by Crippen LogP contribution is 2.44. The molecule has 0 saturated carbocycles. The molecule has 1 atom stereocenters. The van der Waals surface area contributed by atoms with Crippen molar-refractivity contribution < 1.29 is 31.4 Å². The van der Waals surface area contributed by atoms with E-state index < -0.39 is 45.7 Å². The second-order valence-electron chi connectivity index (χ2n) is 5.00. The van der Waals surface area contributed by atoms with Crippen LogP contribution in [0, 0.1) is 0 Å². The van der Waals surface area contributed by atoms with E-state index >= 15 is 0 Å². The van der Waals surface area contributed by atoms with E-state index in [1.807, 2.05) is 0 Å². The Morgan fingerprint density at radius 3 is 2.08 bits per heavy atom. The Morgan fingerprint density at radius 2 is 1.60 bits per heavy atom. The first kappa shape index (κ1) is 24.5. The lowest BCUT2D eigenvalue weighted by Crippen LogP contribution is -2.49. The molecule has 1 aliphatic rings. The van der Waals surface area contributed by atoms with Gasteiger partial charge in [0.1, 0.15) is 11.8 Å². The van der Waals surface area contributed by atoms with Gasteiger partial charge in [-0.05, 0) is 30.0 Å². The molecule has 1 aromatic carbocycles. The maximum absolute atomic E-state index is 13.4. The predicted molar refractivity (Wildman–Crippen MR) is 87.8 cm³/mol. The van der Waals surface area contributed by atoms with Gasteiger partial charge in [0.2, 0.25) is 0 Å². The van der Waals surface area contributed by atoms with E-state index in [0.29, 0.717) is 13.1 Å². The Labute approximate surface area is 157 Å². The number of hydrogen-bond acceptors (Lipinski definition) is 4. The van der Waals surface area contributed by atoms with Crippen LogP contribution in [-0.4, -0.2) is 47.9 Å². The highest BCUT2D eigenvalue weighted by Gasteiger charge is 2.46. The van der Waals surface area contributed by atoms with Crippen LogP contribution < -0.4 is 5.32 Å². The lowest BCUT2D eigenvalue weighted by atomic mass is 10.0. The van der Waals surface area contributed by atoms with Gasteiger partial charge in [-0.2, -0.15) is 26.3 Å². The summed E-state index contributed by atoms with van der Waals surface area (Å²) in [5.74, 6) is -0.669. The molecule has 0 amide bonds. The number of nitrogens with one attached hydrogen (secondary N) is 1. The minimum absolute atomic E-state index is 0. The van der Waals surface area contributed by atoms with Gasteiger partial charge < -0.3 is 10.4 Å². The number of hydrogen-bond donors (Lipinski definition) is 2. The summed E-state index contributed by atoms with van der Waals surface area (Å²) in [5.41, 5.74) is -5.18. The molecular weight excluding hydrogens is 417 g/mol. The highest BCUT2D eigenvalue weighted by molar-refractivity contribution is 8.00. The first-order chi connectivity index (χ1) is 10.6. The monoisotopic (exact) mass is 432 g/mol. The van der Waals surface area contributed by atoms with Crippen LogP contribution in [0.4, 0.5) is 26.3 Å². The molecule has 0 bridgehead atoms. The third-order valence-corrected chi connectivity index (χ3v) is 4.08. The fourth-order valence-electron chi connectivity index (χ4n) is 2.47. The van der Waals surface area contributed by atoms with Gasteiger partial charge in [-0.3, -0.25) is 4.90 Å². The Hall–Kier alpha value is -0.550. The first-order valence-corrected chi connectivity index (χ1v) is 7.50. The predicted octanol–water partition coefficient (Wildman–Crippen LogP) is 4.36. The third kappa shape index (κ3) is 6.93. The summed E-state index contributed by atoms with van der Waals surface area (Å²) in [6, 6.07) is 0.429. The summed E-state index contributed by atoms with van der Waals surface area (Å²) < 4.78 is 77.6. The molecule has 3 nitrogen and oxygen atoms in total. The summed E-state index contributed by atoms with van der Waals surface area (Å²) in [7, 11) is 0. The minimum Gasteiger partial charge on any atom is -0.508 e. The number of rotatable bonds is 3. The van der Waals surface area contributed by atoms with Crippen LogP contribution in [-0.2, 0) is 0 Å². The van der Waals surface area contributed by atoms with Crippen molar-refractivity contribution in [3.05, 3.63) is 23.8 Å². The molecule has 1 aliphatic heterocycles. The molecule has 25 heavy (non-hydrogen) atoms. The quantitative estimate of drug-likeness (QED) is 0.549. The molecule has 0 aliphatic carbocycles. The number of aromatic hydroxyl groups is 1. The van der Waals surface area contributed by atoms with Gasteiger partial charge in [-0.15, -0.1) is 24.8 Å². The van der Waals surface area contributed by atoms with Crippen LogP contribution in [0.15, 0.2) is 23.1 Å². The van der Waals surface area contributed by atoms with Crippen molar-refractivity contribution in [2.75, 3.05) is 26.2 Å². The molecule has 0 aromatic heterocycles. The number of nitrogens with zero attached hydrogens (tertiary/aromatic N) is 1. The van der Waals surface area contributed by atoms with Gasteiger partial charge in [-0.1, -0.05) is 0 Å². The number of piperazine rings is 1. The molecule has 1 heterocycles. The molecule has 0 radical (unpaired) electrons. The third-order valence-electron chi connectivity index (χ3n) is 3.35. The van der Waals surface area contributed by atoms with Crippen molar-refractivity contribution in [3.8, 4) is 5.75 Å². The summed E-state index contributed by atoms with van der Waals surface area (Å²) >= 11 is -0.511. The van der Waals surface area contributed by atoms with Gasteiger partial charge >= 0.3 is 11.7 Å². The molecule has 0 spiro atoms. The number of phenols is 1. The molecule has 146 valence electrons. The zero-order chi connectivity index (χ0) is 17.3. The Bertz CT molecular complexity index is 552. The van der Waals surface area contributed by atoms with Gasteiger partial charge in [0.25, 0.3) is 0 Å². The van der Waals surface area contributed by atoms with Crippen molar-refractivity contribution in [3.63, 3.8) is 0 Å². The Kier molecular flexibility index (Phi) is 9.20. The number of halogens is 8. The van der Waals surface area contributed by atoms with Crippen molar-refractivity contribution in [1.29, 1.82) is 0 Å². The first-order valence-electron chi connectivity index (χ1n) is 6.68. The van der Waals surface area contributed by atoms with Crippen molar-refractivity contribution in [2.24, 2.45) is 0 Å². The lowest BCUT2D eigenvalue weighted by molar-refractivity contribution is -0.188. The zero-order valence-corrected chi connectivity index (χ0v) is 15.0. The number of phenolic OH excluding ortho intramolecular Hbond substituents is 1. The van der Waals surface area contributed by atoms with E-state index in [0.717, 1.165) is 23.1 Å². The van der Waals surface area contributed by atoms with Crippen molar-refractivity contribution >= 4 is 36.6 Å². The fourth-order valence-corrected chi connectivity index (χ4v) is 3.06. The second-order valence-corrected chi connectivity index (χ2v) is 6.14. The molecule has 1 saturated heterocycles. The van der Waals surface area contributed by atoms with E-state index in [1.54, 1.807) is 0 Å². The average molecular weight is 433 g/mol. The maximum atomic E-state index is 13.4. The minimum atomic E-state index is -4.71. The SMILES string of the molecule is Cl.Cl.Oc1ccc(SC(F)(F)F)cc1[C@H](N1CCNCC1)C(F)(F)F. The van der Waals surface area contributed by atoms with Gasteiger partial charge in [0, 0.05) is 36.6 Å². The van der Waals surface area contributed by atoms with Gasteiger partial charge in [-0.25, -0.2) is 0 Å². The molecule has 0 unspecified atom stereocenters. The standard InChI is InChI=1S/C13H14F6N2OS.2ClH/c14-12(15,16)11(21-5-3-20-4-6-21)9-7-8(1-2-10(9)22)23-13(17,18)19;;/h1-2,7,11,20,22H,3-6H2;2*1H/t11-;;/m0../s1. The van der Waals surface area contributed by atoms with Gasteiger partial charge in [0.05, 0.1) is 0 Å². The van der Waals surface area contributed by atoms with E-state index in [4.69, 9.17) is 0 Å². The molecule has 2 N–H and O–H groups in total. The molecular formula is C13H16Cl2F6N2OS. The van der Waals surface area contributed by atoms with Gasteiger partial charge in [0.15, 0.2) is 0 Å². The number of benzene rings is 1.